The molecule has 6 nitrogen and oxygen atoms in total. The van der Waals surface area contributed by atoms with Gasteiger partial charge >= 0.3 is 0 Å². The number of hydrogen-bond acceptors (Lipinski definition) is 4. The molecule has 0 aliphatic heterocycles. The zero-order chi connectivity index (χ0) is 20.5. The lowest BCUT2D eigenvalue weighted by molar-refractivity contribution is -0.116. The number of hydrogen-bond donors (Lipinski definition) is 1. The van der Waals surface area contributed by atoms with E-state index in [1.54, 1.807) is 0 Å². The maximum Gasteiger partial charge on any atom is 0.263 e. The van der Waals surface area contributed by atoms with Crippen LogP contribution in [-0.2, 0) is 30.6 Å². The van der Waals surface area contributed by atoms with E-state index in [1.807, 2.05) is 31.2 Å². The molecule has 4 rings (SSSR count). The fraction of sp³-hybridized carbons (Fsp3) is 0.391. The van der Waals surface area contributed by atoms with Crippen LogP contribution in [0.3, 0.4) is 0 Å². The summed E-state index contributed by atoms with van der Waals surface area (Å²) in [4.78, 5) is 34.6. The van der Waals surface area contributed by atoms with Crippen molar-refractivity contribution in [2.45, 2.75) is 53.0 Å². The SMILES string of the molecule is CCc1cccc(C)c1NC(=O)Cn1cnc2nc3c(cc2c1=O)CC(C)CC3. The average molecular weight is 390 g/mol. The third-order valence-corrected chi connectivity index (χ3v) is 5.74. The topological polar surface area (TPSA) is 76.9 Å². The van der Waals surface area contributed by atoms with Gasteiger partial charge in [0.05, 0.1) is 5.39 Å². The van der Waals surface area contributed by atoms with Gasteiger partial charge < -0.3 is 5.32 Å². The number of fused-ring (bicyclic) bond motifs is 2. The van der Waals surface area contributed by atoms with Crippen LogP contribution in [0.2, 0.25) is 0 Å². The van der Waals surface area contributed by atoms with Crippen LogP contribution in [0.1, 0.15) is 42.7 Å². The minimum atomic E-state index is -0.239. The van der Waals surface area contributed by atoms with Crippen LogP contribution in [0.4, 0.5) is 5.69 Å². The van der Waals surface area contributed by atoms with Crippen molar-refractivity contribution < 1.29 is 4.79 Å². The Morgan fingerprint density at radius 2 is 2.17 bits per heavy atom. The van der Waals surface area contributed by atoms with Crippen molar-refractivity contribution in [2.24, 2.45) is 5.92 Å². The van der Waals surface area contributed by atoms with E-state index in [4.69, 9.17) is 0 Å². The van der Waals surface area contributed by atoms with E-state index in [0.29, 0.717) is 17.0 Å². The van der Waals surface area contributed by atoms with E-state index in [0.717, 1.165) is 53.8 Å². The molecule has 0 saturated carbocycles. The maximum atomic E-state index is 13.0. The quantitative estimate of drug-likeness (QED) is 0.740. The number of amides is 1. The van der Waals surface area contributed by atoms with E-state index < -0.39 is 0 Å². The van der Waals surface area contributed by atoms with Crippen LogP contribution < -0.4 is 10.9 Å². The van der Waals surface area contributed by atoms with Crippen LogP contribution in [-0.4, -0.2) is 20.4 Å². The molecular formula is C23H26N4O2. The first-order chi connectivity index (χ1) is 14.0. The summed E-state index contributed by atoms with van der Waals surface area (Å²) < 4.78 is 1.36. The summed E-state index contributed by atoms with van der Waals surface area (Å²) in [5, 5.41) is 3.45. The molecule has 6 heteroatoms. The maximum absolute atomic E-state index is 13.0. The van der Waals surface area contributed by atoms with E-state index >= 15 is 0 Å². The zero-order valence-corrected chi connectivity index (χ0v) is 17.2. The first kappa shape index (κ1) is 19.3. The van der Waals surface area contributed by atoms with Gasteiger partial charge in [0, 0.05) is 11.4 Å². The molecule has 29 heavy (non-hydrogen) atoms. The lowest BCUT2D eigenvalue weighted by Crippen LogP contribution is -2.29. The second kappa shape index (κ2) is 7.78. The second-order valence-electron chi connectivity index (χ2n) is 8.00. The van der Waals surface area contributed by atoms with Gasteiger partial charge in [0.25, 0.3) is 5.56 Å². The van der Waals surface area contributed by atoms with Crippen LogP contribution in [0.25, 0.3) is 11.0 Å². The van der Waals surface area contributed by atoms with Crippen LogP contribution >= 0.6 is 0 Å². The van der Waals surface area contributed by atoms with Gasteiger partial charge in [-0.2, -0.15) is 0 Å². The van der Waals surface area contributed by atoms with Crippen molar-refractivity contribution in [1.82, 2.24) is 14.5 Å². The molecule has 0 spiro atoms. The third-order valence-electron chi connectivity index (χ3n) is 5.74. The first-order valence-electron chi connectivity index (χ1n) is 10.2. The summed E-state index contributed by atoms with van der Waals surface area (Å²) in [6.45, 7) is 6.16. The summed E-state index contributed by atoms with van der Waals surface area (Å²) >= 11 is 0. The molecule has 2 heterocycles. The molecule has 0 fully saturated rings. The zero-order valence-electron chi connectivity index (χ0n) is 17.2. The number of carbonyl (C=O) groups excluding carboxylic acids is 1. The second-order valence-corrected chi connectivity index (χ2v) is 8.00. The minimum Gasteiger partial charge on any atom is -0.324 e. The lowest BCUT2D eigenvalue weighted by atomic mass is 9.87. The van der Waals surface area contributed by atoms with Crippen molar-refractivity contribution in [2.75, 3.05) is 5.32 Å². The van der Waals surface area contributed by atoms with Gasteiger partial charge in [0.1, 0.15) is 12.9 Å². The highest BCUT2D eigenvalue weighted by atomic mass is 16.2. The van der Waals surface area contributed by atoms with Gasteiger partial charge in [0.2, 0.25) is 5.91 Å². The predicted molar refractivity (Wildman–Crippen MR) is 114 cm³/mol. The Balaban J connectivity index is 1.62. The highest BCUT2D eigenvalue weighted by Gasteiger charge is 2.19. The molecule has 2 aromatic heterocycles. The smallest absolute Gasteiger partial charge is 0.263 e. The molecule has 1 aliphatic rings. The predicted octanol–water partition coefficient (Wildman–Crippen LogP) is 3.43. The Kier molecular flexibility index (Phi) is 5.18. The molecule has 0 bridgehead atoms. The van der Waals surface area contributed by atoms with E-state index in [1.165, 1.54) is 10.9 Å². The number of aryl methyl sites for hydroxylation is 3. The van der Waals surface area contributed by atoms with E-state index in [2.05, 4.69) is 29.1 Å². The Labute approximate surface area is 170 Å². The molecule has 0 radical (unpaired) electrons. The van der Waals surface area contributed by atoms with E-state index in [9.17, 15) is 9.59 Å². The molecule has 150 valence electrons. The molecule has 1 atom stereocenters. The number of pyridine rings is 1. The highest BCUT2D eigenvalue weighted by molar-refractivity contribution is 5.92. The highest BCUT2D eigenvalue weighted by Crippen LogP contribution is 2.25. The van der Waals surface area contributed by atoms with Gasteiger partial charge in [-0.15, -0.1) is 0 Å². The monoisotopic (exact) mass is 390 g/mol. The van der Waals surface area contributed by atoms with Gasteiger partial charge in [0.15, 0.2) is 5.65 Å². The van der Waals surface area contributed by atoms with Crippen LogP contribution in [0, 0.1) is 12.8 Å². The number of carbonyl (C=O) groups is 1. The van der Waals surface area contributed by atoms with Gasteiger partial charge in [-0.05, 0) is 61.3 Å². The van der Waals surface area contributed by atoms with Crippen molar-refractivity contribution in [3.05, 3.63) is 63.3 Å². The Hall–Kier alpha value is -3.02. The number of benzene rings is 1. The number of nitrogens with zero attached hydrogens (tertiary/aromatic N) is 3. The number of rotatable bonds is 4. The fourth-order valence-electron chi connectivity index (χ4n) is 4.07. The lowest BCUT2D eigenvalue weighted by Gasteiger charge is -2.20. The summed E-state index contributed by atoms with van der Waals surface area (Å²) in [6.07, 6.45) is 5.22. The van der Waals surface area contributed by atoms with Crippen molar-refractivity contribution in [3.8, 4) is 0 Å². The molecule has 1 aliphatic carbocycles. The number of aromatic nitrogens is 3. The molecule has 1 N–H and O–H groups in total. The molecule has 0 saturated heterocycles. The first-order valence-corrected chi connectivity index (χ1v) is 10.2. The number of anilines is 1. The van der Waals surface area contributed by atoms with Gasteiger partial charge in [-0.25, -0.2) is 9.97 Å². The van der Waals surface area contributed by atoms with Crippen molar-refractivity contribution in [3.63, 3.8) is 0 Å². The third kappa shape index (κ3) is 3.79. The van der Waals surface area contributed by atoms with Crippen LogP contribution in [0.5, 0.6) is 0 Å². The minimum absolute atomic E-state index is 0.0766. The summed E-state index contributed by atoms with van der Waals surface area (Å²) in [5.74, 6) is 0.352. The molecule has 3 aromatic rings. The molecule has 1 amide bonds. The van der Waals surface area contributed by atoms with Gasteiger partial charge in [-0.1, -0.05) is 32.0 Å². The van der Waals surface area contributed by atoms with Crippen molar-refractivity contribution in [1.29, 1.82) is 0 Å². The summed E-state index contributed by atoms with van der Waals surface area (Å²) in [5.41, 5.74) is 5.33. The van der Waals surface area contributed by atoms with E-state index in [-0.39, 0.29) is 18.0 Å². The summed E-state index contributed by atoms with van der Waals surface area (Å²) in [7, 11) is 0. The fourth-order valence-corrected chi connectivity index (χ4v) is 4.07. The molecule has 1 unspecified atom stereocenters. The Morgan fingerprint density at radius 1 is 1.34 bits per heavy atom. The van der Waals surface area contributed by atoms with Crippen LogP contribution in [0.15, 0.2) is 35.4 Å². The Bertz CT molecular complexity index is 1150. The molecular weight excluding hydrogens is 364 g/mol. The largest absolute Gasteiger partial charge is 0.324 e. The summed E-state index contributed by atoms with van der Waals surface area (Å²) in [6, 6.07) is 7.88. The number of para-hydroxylation sites is 1. The standard InChI is InChI=1S/C23H26N4O2/c1-4-16-7-5-6-15(3)21(16)26-20(28)12-27-13-24-22-18(23(27)29)11-17-10-14(2)8-9-19(17)25-22/h5-7,11,13-14H,4,8-10,12H2,1-3H3,(H,26,28). The van der Waals surface area contributed by atoms with Crippen molar-refractivity contribution >= 4 is 22.6 Å². The molecule has 1 aromatic carbocycles. The average Bonchev–Trinajstić information content (AvgIpc) is 2.70. The number of nitrogens with one attached hydrogen (secondary N) is 1. The Morgan fingerprint density at radius 3 is 2.97 bits per heavy atom. The van der Waals surface area contributed by atoms with Gasteiger partial charge in [-0.3, -0.25) is 14.2 Å². The normalized spacial score (nSPS) is 15.9.